The highest BCUT2D eigenvalue weighted by Gasteiger charge is 2.41. The molecule has 0 aliphatic carbocycles. The number of hydrogen-bond acceptors (Lipinski definition) is 6. The zero-order valence-electron chi connectivity index (χ0n) is 20.7. The zero-order chi connectivity index (χ0) is 24.8. The minimum absolute atomic E-state index is 0.0718. The molecule has 2 atom stereocenters. The van der Waals surface area contributed by atoms with Crippen LogP contribution in [-0.2, 0) is 4.79 Å². The number of methoxy groups -OCH3 is 4. The molecule has 8 nitrogen and oxygen atoms in total. The van der Waals surface area contributed by atoms with Gasteiger partial charge in [-0.15, -0.1) is 0 Å². The van der Waals surface area contributed by atoms with Crippen LogP contribution in [0.3, 0.4) is 0 Å². The SMILES string of the molecule is COc1ccc(C(=O)N2CC(C(=O)NCC(C)C)C(c3cc(OC)c(OC)c(OC)c3)C2)cc1. The minimum Gasteiger partial charge on any atom is -0.497 e. The van der Waals surface area contributed by atoms with Gasteiger partial charge in [0, 0.05) is 31.1 Å². The van der Waals surface area contributed by atoms with E-state index in [4.69, 9.17) is 18.9 Å². The van der Waals surface area contributed by atoms with Crippen molar-refractivity contribution in [2.24, 2.45) is 11.8 Å². The number of benzene rings is 2. The molecule has 1 heterocycles. The van der Waals surface area contributed by atoms with Crippen LogP contribution in [0.1, 0.15) is 35.7 Å². The molecule has 34 heavy (non-hydrogen) atoms. The highest BCUT2D eigenvalue weighted by molar-refractivity contribution is 5.95. The van der Waals surface area contributed by atoms with E-state index in [0.29, 0.717) is 54.1 Å². The number of carbonyl (C=O) groups excluding carboxylic acids is 2. The fourth-order valence-electron chi connectivity index (χ4n) is 4.24. The lowest BCUT2D eigenvalue weighted by molar-refractivity contribution is -0.125. The van der Waals surface area contributed by atoms with Gasteiger partial charge in [-0.05, 0) is 47.9 Å². The van der Waals surface area contributed by atoms with Crippen molar-refractivity contribution < 1.29 is 28.5 Å². The summed E-state index contributed by atoms with van der Waals surface area (Å²) in [5.74, 6) is 1.67. The van der Waals surface area contributed by atoms with Gasteiger partial charge in [0.25, 0.3) is 5.91 Å². The monoisotopic (exact) mass is 470 g/mol. The Morgan fingerprint density at radius 3 is 2.06 bits per heavy atom. The molecular weight excluding hydrogens is 436 g/mol. The standard InChI is InChI=1S/C26H34N2O6/c1-16(2)13-27-25(29)21-15-28(26(30)17-7-9-19(31-3)10-8-17)14-20(21)18-11-22(32-4)24(34-6)23(12-18)33-5/h7-12,16,20-21H,13-15H2,1-6H3,(H,27,29). The topological polar surface area (TPSA) is 86.3 Å². The average molecular weight is 471 g/mol. The summed E-state index contributed by atoms with van der Waals surface area (Å²) in [6.45, 7) is 5.37. The zero-order valence-corrected chi connectivity index (χ0v) is 20.7. The Hall–Kier alpha value is -3.42. The Balaban J connectivity index is 1.95. The van der Waals surface area contributed by atoms with E-state index < -0.39 is 5.92 Å². The van der Waals surface area contributed by atoms with Crippen LogP contribution in [0.25, 0.3) is 0 Å². The van der Waals surface area contributed by atoms with Crippen molar-refractivity contribution in [3.05, 3.63) is 47.5 Å². The quantitative estimate of drug-likeness (QED) is 0.605. The molecule has 3 rings (SSSR count). The fraction of sp³-hybridized carbons (Fsp3) is 0.462. The molecule has 2 amide bonds. The molecule has 0 bridgehead atoms. The van der Waals surface area contributed by atoms with Crippen molar-refractivity contribution >= 4 is 11.8 Å². The Morgan fingerprint density at radius 1 is 0.941 bits per heavy atom. The Labute approximate surface area is 201 Å². The van der Waals surface area contributed by atoms with Crippen LogP contribution in [0, 0.1) is 11.8 Å². The molecular formula is C26H34N2O6. The number of nitrogens with zero attached hydrogens (tertiary/aromatic N) is 1. The predicted octanol–water partition coefficient (Wildman–Crippen LogP) is 3.35. The summed E-state index contributed by atoms with van der Waals surface area (Å²) in [7, 11) is 6.25. The van der Waals surface area contributed by atoms with E-state index in [1.54, 1.807) is 57.6 Å². The third kappa shape index (κ3) is 5.38. The first-order chi connectivity index (χ1) is 16.3. The number of ether oxygens (including phenoxy) is 4. The Bertz CT molecular complexity index is 980. The van der Waals surface area contributed by atoms with Gasteiger partial charge in [0.05, 0.1) is 34.4 Å². The first-order valence-corrected chi connectivity index (χ1v) is 11.3. The minimum atomic E-state index is -0.413. The van der Waals surface area contributed by atoms with Crippen molar-refractivity contribution in [2.45, 2.75) is 19.8 Å². The molecule has 0 aromatic heterocycles. The van der Waals surface area contributed by atoms with E-state index in [9.17, 15) is 9.59 Å². The smallest absolute Gasteiger partial charge is 0.253 e. The summed E-state index contributed by atoms with van der Waals surface area (Å²) >= 11 is 0. The fourth-order valence-corrected chi connectivity index (χ4v) is 4.24. The summed E-state index contributed by atoms with van der Waals surface area (Å²) in [5, 5.41) is 3.04. The Kier molecular flexibility index (Phi) is 8.26. The van der Waals surface area contributed by atoms with Crippen molar-refractivity contribution in [2.75, 3.05) is 48.1 Å². The van der Waals surface area contributed by atoms with Crippen LogP contribution >= 0.6 is 0 Å². The number of nitrogens with one attached hydrogen (secondary N) is 1. The lowest BCUT2D eigenvalue weighted by Gasteiger charge is -2.21. The van der Waals surface area contributed by atoms with Crippen LogP contribution in [0.2, 0.25) is 0 Å². The third-order valence-electron chi connectivity index (χ3n) is 6.08. The highest BCUT2D eigenvalue weighted by Crippen LogP contribution is 2.43. The second-order valence-corrected chi connectivity index (χ2v) is 8.75. The maximum atomic E-state index is 13.3. The molecule has 1 N–H and O–H groups in total. The number of amides is 2. The molecule has 2 unspecified atom stereocenters. The Morgan fingerprint density at radius 2 is 1.56 bits per heavy atom. The van der Waals surface area contributed by atoms with Gasteiger partial charge >= 0.3 is 0 Å². The van der Waals surface area contributed by atoms with E-state index in [1.807, 2.05) is 26.0 Å². The van der Waals surface area contributed by atoms with Crippen LogP contribution in [0.4, 0.5) is 0 Å². The van der Waals surface area contributed by atoms with Crippen LogP contribution in [0.15, 0.2) is 36.4 Å². The molecule has 1 aliphatic rings. The number of hydrogen-bond donors (Lipinski definition) is 1. The maximum absolute atomic E-state index is 13.3. The molecule has 0 spiro atoms. The third-order valence-corrected chi connectivity index (χ3v) is 6.08. The van der Waals surface area contributed by atoms with Gasteiger partial charge in [0.15, 0.2) is 11.5 Å². The lowest BCUT2D eigenvalue weighted by atomic mass is 9.87. The predicted molar refractivity (Wildman–Crippen MR) is 129 cm³/mol. The van der Waals surface area contributed by atoms with E-state index in [0.717, 1.165) is 5.56 Å². The molecule has 1 saturated heterocycles. The number of rotatable bonds is 9. The van der Waals surface area contributed by atoms with Gasteiger partial charge in [-0.25, -0.2) is 0 Å². The van der Waals surface area contributed by atoms with Gasteiger partial charge in [-0.1, -0.05) is 13.8 Å². The van der Waals surface area contributed by atoms with E-state index >= 15 is 0 Å². The summed E-state index contributed by atoms with van der Waals surface area (Å²) < 4.78 is 21.7. The summed E-state index contributed by atoms with van der Waals surface area (Å²) in [6.07, 6.45) is 0. The van der Waals surface area contributed by atoms with Crippen LogP contribution in [-0.4, -0.2) is 64.8 Å². The van der Waals surface area contributed by atoms with Crippen molar-refractivity contribution in [1.82, 2.24) is 10.2 Å². The first-order valence-electron chi connectivity index (χ1n) is 11.3. The van der Waals surface area contributed by atoms with Gasteiger partial charge in [-0.2, -0.15) is 0 Å². The second kappa shape index (κ2) is 11.1. The second-order valence-electron chi connectivity index (χ2n) is 8.75. The van der Waals surface area contributed by atoms with Gasteiger partial charge in [0.1, 0.15) is 5.75 Å². The molecule has 1 aliphatic heterocycles. The molecule has 1 fully saturated rings. The lowest BCUT2D eigenvalue weighted by Crippen LogP contribution is -2.37. The summed E-state index contributed by atoms with van der Waals surface area (Å²) in [6, 6.07) is 10.7. The molecule has 0 saturated carbocycles. The van der Waals surface area contributed by atoms with E-state index in [-0.39, 0.29) is 17.7 Å². The molecule has 2 aromatic rings. The largest absolute Gasteiger partial charge is 0.497 e. The van der Waals surface area contributed by atoms with Crippen molar-refractivity contribution in [3.8, 4) is 23.0 Å². The maximum Gasteiger partial charge on any atom is 0.253 e. The van der Waals surface area contributed by atoms with E-state index in [2.05, 4.69) is 5.32 Å². The average Bonchev–Trinajstić information content (AvgIpc) is 3.31. The molecule has 0 radical (unpaired) electrons. The normalized spacial score (nSPS) is 17.4. The number of carbonyl (C=O) groups is 2. The summed E-state index contributed by atoms with van der Waals surface area (Å²) in [5.41, 5.74) is 1.40. The molecule has 184 valence electrons. The van der Waals surface area contributed by atoms with Crippen LogP contribution < -0.4 is 24.3 Å². The molecule has 2 aromatic carbocycles. The van der Waals surface area contributed by atoms with Crippen LogP contribution in [0.5, 0.6) is 23.0 Å². The summed E-state index contributed by atoms with van der Waals surface area (Å²) in [4.78, 5) is 28.2. The van der Waals surface area contributed by atoms with Crippen molar-refractivity contribution in [1.29, 1.82) is 0 Å². The van der Waals surface area contributed by atoms with Gasteiger partial charge in [-0.3, -0.25) is 9.59 Å². The highest BCUT2D eigenvalue weighted by atomic mass is 16.5. The number of likely N-dealkylation sites (tertiary alicyclic amines) is 1. The van der Waals surface area contributed by atoms with E-state index in [1.165, 1.54) is 0 Å². The van der Waals surface area contributed by atoms with Crippen molar-refractivity contribution in [3.63, 3.8) is 0 Å². The van der Waals surface area contributed by atoms with Gasteiger partial charge in [0.2, 0.25) is 11.7 Å². The molecule has 8 heteroatoms. The first kappa shape index (κ1) is 25.2. The van der Waals surface area contributed by atoms with Gasteiger partial charge < -0.3 is 29.2 Å².